The van der Waals surface area contributed by atoms with Gasteiger partial charge in [-0.1, -0.05) is 30.3 Å². The van der Waals surface area contributed by atoms with Crippen LogP contribution in [0.15, 0.2) is 42.5 Å². The van der Waals surface area contributed by atoms with Crippen LogP contribution >= 0.6 is 0 Å². The lowest BCUT2D eigenvalue weighted by molar-refractivity contribution is 0.384. The van der Waals surface area contributed by atoms with Crippen molar-refractivity contribution in [2.24, 2.45) is 0 Å². The van der Waals surface area contributed by atoms with E-state index in [1.807, 2.05) is 13.1 Å². The summed E-state index contributed by atoms with van der Waals surface area (Å²) in [5.41, 5.74) is 3.85. The maximum Gasteiger partial charge on any atom is 0.165 e. The van der Waals surface area contributed by atoms with Gasteiger partial charge in [0.15, 0.2) is 11.6 Å². The fourth-order valence-corrected chi connectivity index (χ4v) is 3.18. The number of halogens is 1. The van der Waals surface area contributed by atoms with E-state index in [9.17, 15) is 4.39 Å². The summed E-state index contributed by atoms with van der Waals surface area (Å²) < 4.78 is 18.8. The molecule has 1 aliphatic rings. The lowest BCUT2D eigenvalue weighted by Gasteiger charge is -2.33. The van der Waals surface area contributed by atoms with Crippen molar-refractivity contribution >= 4 is 0 Å². The topological polar surface area (TPSA) is 21.3 Å². The van der Waals surface area contributed by atoms with Crippen LogP contribution in [0.5, 0.6) is 5.75 Å². The molecule has 0 fully saturated rings. The Morgan fingerprint density at radius 3 is 2.76 bits per heavy atom. The fourth-order valence-electron chi connectivity index (χ4n) is 3.18. The fraction of sp³-hybridized carbons (Fsp3) is 0.333. The van der Waals surface area contributed by atoms with Gasteiger partial charge < -0.3 is 10.1 Å². The quantitative estimate of drug-likeness (QED) is 0.901. The highest BCUT2D eigenvalue weighted by atomic mass is 19.1. The van der Waals surface area contributed by atoms with Crippen LogP contribution in [0.1, 0.15) is 35.1 Å². The van der Waals surface area contributed by atoms with Crippen molar-refractivity contribution < 1.29 is 9.13 Å². The number of ether oxygens (including phenoxy) is 1. The maximum atomic E-state index is 13.9. The van der Waals surface area contributed by atoms with Crippen LogP contribution in [0.2, 0.25) is 0 Å². The Morgan fingerprint density at radius 2 is 2.10 bits per heavy atom. The number of methoxy groups -OCH3 is 1. The highest BCUT2D eigenvalue weighted by molar-refractivity contribution is 5.40. The molecule has 2 atom stereocenters. The SMILES string of the molecule is CNC(CC1Cc2ccccc21)c1ccc(OC)c(F)c1. The average molecular weight is 285 g/mol. The van der Waals surface area contributed by atoms with E-state index in [0.717, 1.165) is 18.4 Å². The van der Waals surface area contributed by atoms with Crippen LogP contribution in [0.4, 0.5) is 4.39 Å². The van der Waals surface area contributed by atoms with E-state index in [2.05, 4.69) is 29.6 Å². The molecular formula is C18H20FNO. The zero-order chi connectivity index (χ0) is 14.8. The lowest BCUT2D eigenvalue weighted by Crippen LogP contribution is -2.25. The summed E-state index contributed by atoms with van der Waals surface area (Å²) in [6.45, 7) is 0. The van der Waals surface area contributed by atoms with Crippen LogP contribution in [0.25, 0.3) is 0 Å². The molecule has 0 saturated carbocycles. The third-order valence-corrected chi connectivity index (χ3v) is 4.41. The molecule has 0 aromatic heterocycles. The van der Waals surface area contributed by atoms with Crippen molar-refractivity contribution in [1.82, 2.24) is 5.32 Å². The van der Waals surface area contributed by atoms with Crippen molar-refractivity contribution in [3.05, 3.63) is 65.0 Å². The Balaban J connectivity index is 1.76. The Bertz CT molecular complexity index is 641. The van der Waals surface area contributed by atoms with Crippen LogP contribution in [-0.2, 0) is 6.42 Å². The maximum absolute atomic E-state index is 13.9. The third-order valence-electron chi connectivity index (χ3n) is 4.41. The van der Waals surface area contributed by atoms with E-state index in [0.29, 0.717) is 11.7 Å². The van der Waals surface area contributed by atoms with E-state index in [1.165, 1.54) is 18.2 Å². The predicted molar refractivity (Wildman–Crippen MR) is 82.3 cm³/mol. The molecule has 2 unspecified atom stereocenters. The molecule has 0 aliphatic heterocycles. The Labute approximate surface area is 125 Å². The van der Waals surface area contributed by atoms with E-state index in [4.69, 9.17) is 4.74 Å². The van der Waals surface area contributed by atoms with Gasteiger partial charge in [-0.3, -0.25) is 0 Å². The standard InChI is InChI=1S/C18H20FNO/c1-20-17(13-7-8-18(21-2)16(19)10-13)11-14-9-12-5-3-4-6-15(12)14/h3-8,10,14,17,20H,9,11H2,1-2H3. The number of nitrogens with one attached hydrogen (secondary N) is 1. The summed E-state index contributed by atoms with van der Waals surface area (Å²) >= 11 is 0. The first-order chi connectivity index (χ1) is 10.2. The smallest absolute Gasteiger partial charge is 0.165 e. The van der Waals surface area contributed by atoms with Crippen LogP contribution in [-0.4, -0.2) is 14.2 Å². The summed E-state index contributed by atoms with van der Waals surface area (Å²) in [4.78, 5) is 0. The molecule has 21 heavy (non-hydrogen) atoms. The van der Waals surface area contributed by atoms with Gasteiger partial charge >= 0.3 is 0 Å². The van der Waals surface area contributed by atoms with Crippen LogP contribution in [0, 0.1) is 5.82 Å². The first-order valence-corrected chi connectivity index (χ1v) is 7.31. The number of hydrogen-bond acceptors (Lipinski definition) is 2. The first-order valence-electron chi connectivity index (χ1n) is 7.31. The molecule has 0 heterocycles. The molecule has 0 spiro atoms. The van der Waals surface area contributed by atoms with Gasteiger partial charge in [0.25, 0.3) is 0 Å². The highest BCUT2D eigenvalue weighted by Crippen LogP contribution is 2.40. The molecule has 3 heteroatoms. The second-order valence-electron chi connectivity index (χ2n) is 5.57. The molecule has 0 amide bonds. The van der Waals surface area contributed by atoms with Crippen molar-refractivity contribution in [1.29, 1.82) is 0 Å². The van der Waals surface area contributed by atoms with Gasteiger partial charge in [0, 0.05) is 6.04 Å². The molecule has 1 aliphatic carbocycles. The minimum absolute atomic E-state index is 0.156. The molecule has 1 N–H and O–H groups in total. The zero-order valence-corrected chi connectivity index (χ0v) is 12.4. The molecule has 0 bridgehead atoms. The number of hydrogen-bond donors (Lipinski definition) is 1. The number of rotatable bonds is 5. The van der Waals surface area contributed by atoms with Gasteiger partial charge in [-0.2, -0.15) is 0 Å². The largest absolute Gasteiger partial charge is 0.494 e. The molecule has 0 radical (unpaired) electrons. The van der Waals surface area contributed by atoms with Crippen molar-refractivity contribution in [2.75, 3.05) is 14.2 Å². The molecule has 2 aromatic rings. The number of fused-ring (bicyclic) bond motifs is 1. The van der Waals surface area contributed by atoms with Gasteiger partial charge in [0.2, 0.25) is 0 Å². The summed E-state index contributed by atoms with van der Waals surface area (Å²) in [5, 5.41) is 3.31. The minimum atomic E-state index is -0.302. The Morgan fingerprint density at radius 1 is 1.29 bits per heavy atom. The number of benzene rings is 2. The van der Waals surface area contributed by atoms with Gasteiger partial charge in [-0.15, -0.1) is 0 Å². The lowest BCUT2D eigenvalue weighted by atomic mass is 9.74. The summed E-state index contributed by atoms with van der Waals surface area (Å²) in [6, 6.07) is 13.9. The van der Waals surface area contributed by atoms with Crippen molar-refractivity contribution in [3.8, 4) is 5.75 Å². The van der Waals surface area contributed by atoms with Crippen LogP contribution < -0.4 is 10.1 Å². The van der Waals surface area contributed by atoms with E-state index in [-0.39, 0.29) is 11.9 Å². The molecular weight excluding hydrogens is 265 g/mol. The second kappa shape index (κ2) is 5.86. The minimum Gasteiger partial charge on any atom is -0.494 e. The van der Waals surface area contributed by atoms with Gasteiger partial charge in [0.1, 0.15) is 0 Å². The molecule has 3 rings (SSSR count). The second-order valence-corrected chi connectivity index (χ2v) is 5.57. The highest BCUT2D eigenvalue weighted by Gasteiger charge is 2.28. The summed E-state index contributed by atoms with van der Waals surface area (Å²) in [6.07, 6.45) is 2.10. The monoisotopic (exact) mass is 285 g/mol. The predicted octanol–water partition coefficient (Wildman–Crippen LogP) is 3.82. The third kappa shape index (κ3) is 2.66. The molecule has 0 saturated heterocycles. The zero-order valence-electron chi connectivity index (χ0n) is 12.4. The van der Waals surface area contributed by atoms with E-state index < -0.39 is 0 Å². The first kappa shape index (κ1) is 14.1. The molecule has 2 aromatic carbocycles. The molecule has 2 nitrogen and oxygen atoms in total. The van der Waals surface area contributed by atoms with Gasteiger partial charge in [0.05, 0.1) is 7.11 Å². The Hall–Kier alpha value is -1.87. The molecule has 110 valence electrons. The normalized spacial score (nSPS) is 17.8. The van der Waals surface area contributed by atoms with Crippen LogP contribution in [0.3, 0.4) is 0 Å². The van der Waals surface area contributed by atoms with E-state index in [1.54, 1.807) is 12.1 Å². The van der Waals surface area contributed by atoms with Gasteiger partial charge in [-0.05, 0) is 54.6 Å². The van der Waals surface area contributed by atoms with E-state index >= 15 is 0 Å². The van der Waals surface area contributed by atoms with Crippen molar-refractivity contribution in [2.45, 2.75) is 24.8 Å². The summed E-state index contributed by atoms with van der Waals surface area (Å²) in [5.74, 6) is 0.552. The Kier molecular flexibility index (Phi) is 3.93. The average Bonchev–Trinajstić information content (AvgIpc) is 2.48. The van der Waals surface area contributed by atoms with Crippen molar-refractivity contribution in [3.63, 3.8) is 0 Å². The summed E-state index contributed by atoms with van der Waals surface area (Å²) in [7, 11) is 3.41. The van der Waals surface area contributed by atoms with Gasteiger partial charge in [-0.25, -0.2) is 4.39 Å².